The van der Waals surface area contributed by atoms with Gasteiger partial charge in [-0.2, -0.15) is 0 Å². The van der Waals surface area contributed by atoms with Crippen LogP contribution in [0.3, 0.4) is 0 Å². The van der Waals surface area contributed by atoms with Gasteiger partial charge in [-0.1, -0.05) is 23.7 Å². The van der Waals surface area contributed by atoms with Crippen molar-refractivity contribution >= 4 is 52.0 Å². The fourth-order valence-electron chi connectivity index (χ4n) is 4.39. The molecule has 1 saturated heterocycles. The van der Waals surface area contributed by atoms with Crippen molar-refractivity contribution < 1.29 is 34.1 Å². The molecule has 1 aliphatic rings. The summed E-state index contributed by atoms with van der Waals surface area (Å²) in [6, 6.07) is 14.4. The van der Waals surface area contributed by atoms with Crippen LogP contribution in [0, 0.1) is 0 Å². The van der Waals surface area contributed by atoms with E-state index in [1.807, 2.05) is 0 Å². The molecule has 11 heteroatoms. The van der Waals surface area contributed by atoms with Gasteiger partial charge in [0.15, 0.2) is 0 Å². The lowest BCUT2D eigenvalue weighted by atomic mass is 9.95. The predicted octanol–water partition coefficient (Wildman–Crippen LogP) is 4.56. The van der Waals surface area contributed by atoms with Gasteiger partial charge in [0.1, 0.15) is 17.3 Å². The largest absolute Gasteiger partial charge is 0.507 e. The number of aliphatic hydroxyl groups excluding tert-OH is 1. The van der Waals surface area contributed by atoms with Crippen molar-refractivity contribution in [1.29, 1.82) is 0 Å². The second kappa shape index (κ2) is 9.56. The number of carbonyl (C=O) groups is 3. The number of aliphatic hydroxyl groups is 1. The molecule has 192 valence electrons. The van der Waals surface area contributed by atoms with E-state index in [0.717, 1.165) is 4.90 Å². The van der Waals surface area contributed by atoms with Crippen molar-refractivity contribution in [2.75, 3.05) is 19.1 Å². The highest BCUT2D eigenvalue weighted by molar-refractivity contribution is 6.51. The fourth-order valence-corrected chi connectivity index (χ4v) is 4.65. The molecule has 10 nitrogen and oxygen atoms in total. The Balaban J connectivity index is 1.72. The van der Waals surface area contributed by atoms with Crippen molar-refractivity contribution in [2.24, 2.45) is 0 Å². The number of rotatable bonds is 6. The molecule has 1 fully saturated rings. The lowest BCUT2D eigenvalue weighted by Gasteiger charge is -2.23. The molecule has 0 radical (unpaired) electrons. The van der Waals surface area contributed by atoms with E-state index >= 15 is 0 Å². The van der Waals surface area contributed by atoms with Gasteiger partial charge in [0.25, 0.3) is 5.78 Å². The number of Topliss-reactive ketones (excluding diaryl/α,β-unsaturated/α-hetero) is 1. The Morgan fingerprint density at radius 2 is 1.76 bits per heavy atom. The molecule has 1 unspecified atom stereocenters. The number of ether oxygens (including phenoxy) is 2. The van der Waals surface area contributed by atoms with Gasteiger partial charge in [-0.25, -0.2) is 9.78 Å². The van der Waals surface area contributed by atoms with Crippen LogP contribution >= 0.6 is 11.6 Å². The maximum atomic E-state index is 13.4. The number of halogens is 1. The minimum Gasteiger partial charge on any atom is -0.507 e. The van der Waals surface area contributed by atoms with E-state index in [1.165, 1.54) is 50.6 Å². The van der Waals surface area contributed by atoms with Crippen LogP contribution in [0.4, 0.5) is 5.95 Å². The molecule has 1 amide bonds. The molecule has 1 atom stereocenters. The number of nitrogens with zero attached hydrogens (tertiary/aromatic N) is 2. The second-order valence-electron chi connectivity index (χ2n) is 8.39. The zero-order valence-corrected chi connectivity index (χ0v) is 20.8. The summed E-state index contributed by atoms with van der Waals surface area (Å²) in [5, 5.41) is 20.8. The molecule has 1 aliphatic heterocycles. The highest BCUT2D eigenvalue weighted by Crippen LogP contribution is 2.43. The number of ketones is 1. The quantitative estimate of drug-likeness (QED) is 0.186. The number of aromatic amines is 1. The maximum absolute atomic E-state index is 13.4. The van der Waals surface area contributed by atoms with E-state index in [9.17, 15) is 24.6 Å². The van der Waals surface area contributed by atoms with Gasteiger partial charge in [0.05, 0.1) is 47.5 Å². The van der Waals surface area contributed by atoms with Crippen LogP contribution in [0.2, 0.25) is 5.02 Å². The summed E-state index contributed by atoms with van der Waals surface area (Å²) in [7, 11) is 2.93. The first-order valence-corrected chi connectivity index (χ1v) is 11.6. The average Bonchev–Trinajstić information content (AvgIpc) is 3.45. The normalized spacial score (nSPS) is 16.7. The van der Waals surface area contributed by atoms with Crippen molar-refractivity contribution in [3.63, 3.8) is 0 Å². The number of carbonyl (C=O) groups excluding carboxylic acids is 2. The number of aromatic nitrogens is 2. The Hall–Kier alpha value is -4.83. The number of carboxylic acid groups (broad SMARTS) is 1. The number of hydrogen-bond acceptors (Lipinski definition) is 7. The number of methoxy groups -OCH3 is 2. The predicted molar refractivity (Wildman–Crippen MR) is 139 cm³/mol. The molecule has 38 heavy (non-hydrogen) atoms. The smallest absolute Gasteiger partial charge is 0.335 e. The molecule has 0 spiro atoms. The SMILES string of the molecule is COc1cccc(C2/C(=C(\O)c3ccc(OC)c(Cl)c3)C(=O)C(=O)N2c2nc3ccc(C(=O)O)cc3[nH]2)c1. The monoisotopic (exact) mass is 533 g/mol. The van der Waals surface area contributed by atoms with Gasteiger partial charge in [-0.3, -0.25) is 14.5 Å². The number of fused-ring (bicyclic) bond motifs is 1. The minimum absolute atomic E-state index is 0.00396. The number of amides is 1. The van der Waals surface area contributed by atoms with Crippen LogP contribution in [0.25, 0.3) is 16.8 Å². The summed E-state index contributed by atoms with van der Waals surface area (Å²) in [6.07, 6.45) is 0. The molecule has 0 saturated carbocycles. The lowest BCUT2D eigenvalue weighted by Crippen LogP contribution is -2.30. The van der Waals surface area contributed by atoms with Crippen LogP contribution in [0.5, 0.6) is 11.5 Å². The summed E-state index contributed by atoms with van der Waals surface area (Å²) in [4.78, 5) is 46.7. The summed E-state index contributed by atoms with van der Waals surface area (Å²) < 4.78 is 10.5. The summed E-state index contributed by atoms with van der Waals surface area (Å²) in [5.41, 5.74) is 1.26. The van der Waals surface area contributed by atoms with Crippen molar-refractivity contribution in [2.45, 2.75) is 6.04 Å². The zero-order chi connectivity index (χ0) is 27.1. The Labute approximate surface area is 220 Å². The van der Waals surface area contributed by atoms with E-state index in [2.05, 4.69) is 9.97 Å². The molecule has 0 aliphatic carbocycles. The molecule has 4 aromatic rings. The number of anilines is 1. The fraction of sp³-hybridized carbons (Fsp3) is 0.111. The molecule has 5 rings (SSSR count). The highest BCUT2D eigenvalue weighted by atomic mass is 35.5. The van der Waals surface area contributed by atoms with E-state index in [0.29, 0.717) is 28.1 Å². The standard InChI is InChI=1S/C27H20ClN3O7/c1-37-16-5-3-4-13(10-16)22-21(23(32)14-7-9-20(38-2)17(28)11-14)24(33)25(34)31(22)27-29-18-8-6-15(26(35)36)12-19(18)30-27/h3-12,22,32H,1-2H3,(H,29,30)(H,35,36)/b23-21+. The van der Waals surface area contributed by atoms with Crippen LogP contribution in [0.15, 0.2) is 66.2 Å². The van der Waals surface area contributed by atoms with E-state index in [4.69, 9.17) is 21.1 Å². The molecule has 0 bridgehead atoms. The third kappa shape index (κ3) is 4.10. The van der Waals surface area contributed by atoms with Gasteiger partial charge in [-0.05, 0) is 54.1 Å². The number of imidazole rings is 1. The zero-order valence-electron chi connectivity index (χ0n) is 20.1. The molecule has 3 N–H and O–H groups in total. The van der Waals surface area contributed by atoms with Crippen molar-refractivity contribution in [3.05, 3.63) is 87.9 Å². The number of carboxylic acids is 1. The van der Waals surface area contributed by atoms with Gasteiger partial charge >= 0.3 is 11.9 Å². The lowest BCUT2D eigenvalue weighted by molar-refractivity contribution is -0.132. The van der Waals surface area contributed by atoms with Gasteiger partial charge in [-0.15, -0.1) is 0 Å². The van der Waals surface area contributed by atoms with Crippen LogP contribution in [-0.4, -0.2) is 52.1 Å². The van der Waals surface area contributed by atoms with Crippen LogP contribution < -0.4 is 14.4 Å². The molecular formula is C27H20ClN3O7. The minimum atomic E-state index is -1.13. The summed E-state index contributed by atoms with van der Waals surface area (Å²) >= 11 is 6.25. The van der Waals surface area contributed by atoms with Crippen molar-refractivity contribution in [1.82, 2.24) is 9.97 Å². The Morgan fingerprint density at radius 3 is 2.45 bits per heavy atom. The van der Waals surface area contributed by atoms with E-state index in [1.54, 1.807) is 24.3 Å². The topological polar surface area (TPSA) is 142 Å². The second-order valence-corrected chi connectivity index (χ2v) is 8.80. The first kappa shape index (κ1) is 24.8. The number of benzene rings is 3. The number of hydrogen-bond donors (Lipinski definition) is 3. The Bertz CT molecular complexity index is 1660. The number of aromatic carboxylic acids is 1. The van der Waals surface area contributed by atoms with Crippen LogP contribution in [0.1, 0.15) is 27.5 Å². The van der Waals surface area contributed by atoms with E-state index < -0.39 is 29.5 Å². The average molecular weight is 534 g/mol. The van der Waals surface area contributed by atoms with Crippen molar-refractivity contribution in [3.8, 4) is 11.5 Å². The summed E-state index contributed by atoms with van der Waals surface area (Å²) in [5.74, 6) is -2.59. The Kier molecular flexibility index (Phi) is 6.25. The van der Waals surface area contributed by atoms with Gasteiger partial charge in [0.2, 0.25) is 5.95 Å². The highest BCUT2D eigenvalue weighted by Gasteiger charge is 2.48. The molecular weight excluding hydrogens is 514 g/mol. The third-order valence-corrected chi connectivity index (χ3v) is 6.52. The van der Waals surface area contributed by atoms with Gasteiger partial charge < -0.3 is 24.7 Å². The number of nitrogens with one attached hydrogen (secondary N) is 1. The van der Waals surface area contributed by atoms with Crippen LogP contribution in [-0.2, 0) is 9.59 Å². The number of H-pyrrole nitrogens is 1. The Morgan fingerprint density at radius 1 is 1.00 bits per heavy atom. The molecule has 2 heterocycles. The van der Waals surface area contributed by atoms with Gasteiger partial charge in [0, 0.05) is 5.56 Å². The summed E-state index contributed by atoms with van der Waals surface area (Å²) in [6.45, 7) is 0. The molecule has 3 aromatic carbocycles. The van der Waals surface area contributed by atoms with E-state index in [-0.39, 0.29) is 27.7 Å². The third-order valence-electron chi connectivity index (χ3n) is 6.22. The first-order valence-electron chi connectivity index (χ1n) is 11.3. The maximum Gasteiger partial charge on any atom is 0.335 e. The first-order chi connectivity index (χ1) is 18.2. The molecule has 1 aromatic heterocycles.